The Balaban J connectivity index is 1.66. The Kier molecular flexibility index (Phi) is 6.45. The van der Waals surface area contributed by atoms with Crippen molar-refractivity contribution in [3.05, 3.63) is 94.3 Å². The third kappa shape index (κ3) is 4.90. The molecule has 0 fully saturated rings. The Morgan fingerprint density at radius 1 is 1.09 bits per heavy atom. The summed E-state index contributed by atoms with van der Waals surface area (Å²) >= 11 is 1.22. The molecule has 0 saturated carbocycles. The van der Waals surface area contributed by atoms with Crippen molar-refractivity contribution in [3.63, 3.8) is 0 Å². The molecule has 9 nitrogen and oxygen atoms in total. The zero-order valence-corrected chi connectivity index (χ0v) is 18.7. The molecule has 0 aliphatic rings. The van der Waals surface area contributed by atoms with E-state index < -0.39 is 16.1 Å². The minimum atomic E-state index is -0.708. The van der Waals surface area contributed by atoms with Gasteiger partial charge in [0, 0.05) is 31.1 Å². The van der Waals surface area contributed by atoms with Crippen LogP contribution in [0.4, 0.5) is 11.4 Å². The number of nitro groups is 1. The minimum absolute atomic E-state index is 0.146. The summed E-state index contributed by atoms with van der Waals surface area (Å²) in [6.45, 7) is 1.76. The van der Waals surface area contributed by atoms with Gasteiger partial charge in [-0.1, -0.05) is 48.2 Å². The number of carbonyl (C=O) groups excluding carboxylic acids is 1. The van der Waals surface area contributed by atoms with E-state index in [0.717, 1.165) is 16.7 Å². The number of anilines is 1. The lowest BCUT2D eigenvalue weighted by Gasteiger charge is -2.17. The van der Waals surface area contributed by atoms with Gasteiger partial charge in [-0.15, -0.1) is 10.2 Å². The molecule has 1 N–H and O–H groups in total. The van der Waals surface area contributed by atoms with Crippen LogP contribution in [0.5, 0.6) is 0 Å². The Hall–Kier alpha value is -4.05. The van der Waals surface area contributed by atoms with E-state index in [1.54, 1.807) is 36.0 Å². The van der Waals surface area contributed by atoms with E-state index in [-0.39, 0.29) is 11.4 Å². The number of nitrogens with one attached hydrogen (secondary N) is 1. The Morgan fingerprint density at radius 3 is 2.52 bits per heavy atom. The van der Waals surface area contributed by atoms with Crippen LogP contribution in [0, 0.1) is 17.0 Å². The van der Waals surface area contributed by atoms with Crippen LogP contribution in [0.15, 0.2) is 78.2 Å². The molecule has 4 aromatic rings. The molecule has 166 valence electrons. The molecule has 1 amide bonds. The van der Waals surface area contributed by atoms with Gasteiger partial charge in [-0.2, -0.15) is 0 Å². The number of rotatable bonds is 7. The number of hydrogen-bond donors (Lipinski definition) is 1. The number of amides is 1. The van der Waals surface area contributed by atoms with E-state index >= 15 is 0 Å². The Bertz CT molecular complexity index is 1290. The van der Waals surface area contributed by atoms with E-state index in [1.165, 1.54) is 17.8 Å². The first kappa shape index (κ1) is 22.2. The highest BCUT2D eigenvalue weighted by Crippen LogP contribution is 2.37. The van der Waals surface area contributed by atoms with Gasteiger partial charge in [0.15, 0.2) is 11.0 Å². The molecule has 33 heavy (non-hydrogen) atoms. The molecular weight excluding hydrogens is 440 g/mol. The highest BCUT2D eigenvalue weighted by atomic mass is 32.2. The molecule has 4 rings (SSSR count). The van der Waals surface area contributed by atoms with Gasteiger partial charge in [0.25, 0.3) is 5.69 Å². The fourth-order valence-corrected chi connectivity index (χ4v) is 4.28. The lowest BCUT2D eigenvalue weighted by atomic mass is 10.1. The molecule has 1 unspecified atom stereocenters. The smallest absolute Gasteiger partial charge is 0.293 e. The minimum Gasteiger partial charge on any atom is -0.319 e. The van der Waals surface area contributed by atoms with Crippen molar-refractivity contribution >= 4 is 29.0 Å². The van der Waals surface area contributed by atoms with Crippen LogP contribution in [0.2, 0.25) is 0 Å². The number of benzene rings is 2. The molecule has 0 spiro atoms. The molecule has 2 aromatic heterocycles. The third-order valence-corrected chi connectivity index (χ3v) is 6.23. The largest absolute Gasteiger partial charge is 0.319 e. The van der Waals surface area contributed by atoms with Crippen molar-refractivity contribution in [2.24, 2.45) is 7.05 Å². The first-order valence-corrected chi connectivity index (χ1v) is 10.9. The van der Waals surface area contributed by atoms with Crippen molar-refractivity contribution in [3.8, 4) is 11.4 Å². The number of nitrogens with zero attached hydrogens (tertiary/aromatic N) is 5. The molecule has 1 atom stereocenters. The average Bonchev–Trinajstić information content (AvgIpc) is 3.19. The summed E-state index contributed by atoms with van der Waals surface area (Å²) in [5.74, 6) is 0.243. The van der Waals surface area contributed by atoms with E-state index in [2.05, 4.69) is 20.5 Å². The summed E-state index contributed by atoms with van der Waals surface area (Å²) in [7, 11) is 1.82. The molecule has 0 aliphatic carbocycles. The predicted molar refractivity (Wildman–Crippen MR) is 126 cm³/mol. The van der Waals surface area contributed by atoms with Gasteiger partial charge in [0.2, 0.25) is 5.91 Å². The second-order valence-corrected chi connectivity index (χ2v) is 8.35. The monoisotopic (exact) mass is 460 g/mol. The fourth-order valence-electron chi connectivity index (χ4n) is 3.27. The standard InChI is InChI=1S/C23H20N6O3S/c1-15-8-9-18(19(14-15)29(31)32)25-22(30)20(16-6-4-3-5-7-16)33-23-27-26-21(28(23)2)17-10-12-24-13-11-17/h3-14,20H,1-2H3,(H,25,30). The maximum absolute atomic E-state index is 13.3. The van der Waals surface area contributed by atoms with Crippen LogP contribution >= 0.6 is 11.8 Å². The van der Waals surface area contributed by atoms with Gasteiger partial charge in [-0.25, -0.2) is 0 Å². The number of pyridine rings is 1. The lowest BCUT2D eigenvalue weighted by Crippen LogP contribution is -2.20. The van der Waals surface area contributed by atoms with Crippen LogP contribution in [-0.2, 0) is 11.8 Å². The van der Waals surface area contributed by atoms with E-state index in [1.807, 2.05) is 49.5 Å². The third-order valence-electron chi connectivity index (χ3n) is 4.94. The van der Waals surface area contributed by atoms with E-state index in [4.69, 9.17) is 0 Å². The van der Waals surface area contributed by atoms with Crippen LogP contribution in [0.3, 0.4) is 0 Å². The molecule has 2 aromatic carbocycles. The maximum Gasteiger partial charge on any atom is 0.293 e. The summed E-state index contributed by atoms with van der Waals surface area (Å²) in [6, 6.07) is 17.6. The molecular formula is C23H20N6O3S. The van der Waals surface area contributed by atoms with Crippen molar-refractivity contribution in [2.75, 3.05) is 5.32 Å². The maximum atomic E-state index is 13.3. The highest BCUT2D eigenvalue weighted by Gasteiger charge is 2.27. The van der Waals surface area contributed by atoms with E-state index in [0.29, 0.717) is 11.0 Å². The highest BCUT2D eigenvalue weighted by molar-refractivity contribution is 8.00. The molecule has 10 heteroatoms. The molecule has 0 aliphatic heterocycles. The van der Waals surface area contributed by atoms with Gasteiger partial charge in [-0.05, 0) is 36.2 Å². The van der Waals surface area contributed by atoms with Crippen molar-refractivity contribution in [1.82, 2.24) is 19.7 Å². The van der Waals surface area contributed by atoms with Crippen LogP contribution in [0.1, 0.15) is 16.4 Å². The zero-order valence-electron chi connectivity index (χ0n) is 17.9. The number of carbonyl (C=O) groups is 1. The normalized spacial score (nSPS) is 11.7. The van der Waals surface area contributed by atoms with Crippen molar-refractivity contribution in [2.45, 2.75) is 17.3 Å². The van der Waals surface area contributed by atoms with Gasteiger partial charge in [-0.3, -0.25) is 19.9 Å². The summed E-state index contributed by atoms with van der Waals surface area (Å²) < 4.78 is 1.80. The number of hydrogen-bond acceptors (Lipinski definition) is 7. The quantitative estimate of drug-likeness (QED) is 0.244. The molecule has 0 saturated heterocycles. The molecule has 0 radical (unpaired) electrons. The number of thioether (sulfide) groups is 1. The summed E-state index contributed by atoms with van der Waals surface area (Å²) in [4.78, 5) is 28.4. The molecule has 0 bridgehead atoms. The lowest BCUT2D eigenvalue weighted by molar-refractivity contribution is -0.384. The first-order chi connectivity index (χ1) is 15.9. The number of aryl methyl sites for hydroxylation is 1. The SMILES string of the molecule is Cc1ccc(NC(=O)C(Sc2nnc(-c3ccncc3)n2C)c2ccccc2)c([N+](=O)[O-])c1. The first-order valence-electron chi connectivity index (χ1n) is 10.0. The van der Waals surface area contributed by atoms with Gasteiger partial charge >= 0.3 is 0 Å². The van der Waals surface area contributed by atoms with E-state index in [9.17, 15) is 14.9 Å². The Morgan fingerprint density at radius 2 is 1.82 bits per heavy atom. The van der Waals surface area contributed by atoms with Crippen LogP contribution < -0.4 is 5.32 Å². The number of aromatic nitrogens is 4. The number of nitro benzene ring substituents is 1. The average molecular weight is 461 g/mol. The second kappa shape index (κ2) is 9.61. The molecule has 2 heterocycles. The summed E-state index contributed by atoms with van der Waals surface area (Å²) in [5.41, 5.74) is 2.31. The fraction of sp³-hybridized carbons (Fsp3) is 0.130. The predicted octanol–water partition coefficient (Wildman–Crippen LogP) is 4.57. The van der Waals surface area contributed by atoms with Crippen molar-refractivity contribution in [1.29, 1.82) is 0 Å². The summed E-state index contributed by atoms with van der Waals surface area (Å²) in [5, 5.41) is 22.6. The van der Waals surface area contributed by atoms with Crippen LogP contribution in [0.25, 0.3) is 11.4 Å². The van der Waals surface area contributed by atoms with Crippen molar-refractivity contribution < 1.29 is 9.72 Å². The Labute approximate surface area is 194 Å². The van der Waals surface area contributed by atoms with Crippen LogP contribution in [-0.4, -0.2) is 30.6 Å². The zero-order chi connectivity index (χ0) is 23.4. The summed E-state index contributed by atoms with van der Waals surface area (Å²) in [6.07, 6.45) is 3.34. The van der Waals surface area contributed by atoms with Gasteiger partial charge < -0.3 is 9.88 Å². The van der Waals surface area contributed by atoms with Gasteiger partial charge in [0.1, 0.15) is 10.9 Å². The second-order valence-electron chi connectivity index (χ2n) is 7.28. The van der Waals surface area contributed by atoms with Gasteiger partial charge in [0.05, 0.1) is 4.92 Å². The topological polar surface area (TPSA) is 116 Å².